The van der Waals surface area contributed by atoms with Crippen molar-refractivity contribution in [2.24, 2.45) is 0 Å². The van der Waals surface area contributed by atoms with Crippen LogP contribution in [0.2, 0.25) is 5.15 Å². The summed E-state index contributed by atoms with van der Waals surface area (Å²) in [6, 6.07) is 5.20. The second-order valence-corrected chi connectivity index (χ2v) is 4.32. The van der Waals surface area contributed by atoms with Gasteiger partial charge in [0.05, 0.1) is 18.2 Å². The van der Waals surface area contributed by atoms with Crippen molar-refractivity contribution in [2.75, 3.05) is 5.32 Å². The number of nitrogens with zero attached hydrogens (tertiary/aromatic N) is 3. The Morgan fingerprint density at radius 2 is 2.38 bits per heavy atom. The van der Waals surface area contributed by atoms with E-state index in [1.54, 1.807) is 23.6 Å². The fourth-order valence-electron chi connectivity index (χ4n) is 1.16. The molecular weight excluding hydrogens is 244 g/mol. The molecular formula is C10H7ClN4S. The number of halogens is 1. The quantitative estimate of drug-likeness (QED) is 0.851. The first-order valence-electron chi connectivity index (χ1n) is 4.48. The molecule has 0 radical (unpaired) electrons. The highest BCUT2D eigenvalue weighted by Crippen LogP contribution is 2.15. The van der Waals surface area contributed by atoms with Gasteiger partial charge in [0.25, 0.3) is 0 Å². The van der Waals surface area contributed by atoms with Gasteiger partial charge in [-0.15, -0.1) is 11.3 Å². The molecule has 0 fully saturated rings. The zero-order valence-corrected chi connectivity index (χ0v) is 9.72. The number of hydrogen-bond donors (Lipinski definition) is 1. The lowest BCUT2D eigenvalue weighted by Crippen LogP contribution is -2.01. The maximum atomic E-state index is 8.76. The highest BCUT2D eigenvalue weighted by molar-refractivity contribution is 7.09. The Kier molecular flexibility index (Phi) is 3.34. The predicted molar refractivity (Wildman–Crippen MR) is 63.4 cm³/mol. The first-order chi connectivity index (χ1) is 7.78. The molecule has 0 bridgehead atoms. The van der Waals surface area contributed by atoms with E-state index >= 15 is 0 Å². The topological polar surface area (TPSA) is 61.6 Å². The number of thiazole rings is 1. The maximum absolute atomic E-state index is 8.76. The molecule has 0 unspecified atom stereocenters. The summed E-state index contributed by atoms with van der Waals surface area (Å²) >= 11 is 7.33. The van der Waals surface area contributed by atoms with Crippen molar-refractivity contribution >= 4 is 28.8 Å². The van der Waals surface area contributed by atoms with E-state index in [-0.39, 0.29) is 0 Å². The fraction of sp³-hybridized carbons (Fsp3) is 0.100. The standard InChI is InChI=1S/C10H7ClN4S/c11-8-3-7(5-12)4-9(15-8)14-6-10-13-1-2-16-10/h1-4H,6H2,(H,14,15). The van der Waals surface area contributed by atoms with Gasteiger partial charge in [-0.25, -0.2) is 9.97 Å². The maximum Gasteiger partial charge on any atom is 0.132 e. The predicted octanol–water partition coefficient (Wildman–Crippen LogP) is 2.68. The van der Waals surface area contributed by atoms with Crippen LogP contribution in [0.1, 0.15) is 10.6 Å². The van der Waals surface area contributed by atoms with Gasteiger partial charge >= 0.3 is 0 Å². The Balaban J connectivity index is 2.10. The molecule has 1 N–H and O–H groups in total. The Labute approximate surface area is 102 Å². The van der Waals surface area contributed by atoms with E-state index in [0.717, 1.165) is 5.01 Å². The lowest BCUT2D eigenvalue weighted by Gasteiger charge is -2.03. The molecule has 4 nitrogen and oxygen atoms in total. The minimum atomic E-state index is 0.306. The van der Waals surface area contributed by atoms with Crippen LogP contribution in [0.25, 0.3) is 0 Å². The Hall–Kier alpha value is -1.64. The summed E-state index contributed by atoms with van der Waals surface area (Å²) in [5, 5.41) is 15.0. The Bertz CT molecular complexity index is 518. The number of pyridine rings is 1. The molecule has 16 heavy (non-hydrogen) atoms. The van der Waals surface area contributed by atoms with Crippen molar-refractivity contribution in [1.29, 1.82) is 5.26 Å². The number of rotatable bonds is 3. The molecule has 0 atom stereocenters. The van der Waals surface area contributed by atoms with Gasteiger partial charge in [-0.05, 0) is 12.1 Å². The largest absolute Gasteiger partial charge is 0.363 e. The average molecular weight is 251 g/mol. The third-order valence-corrected chi connectivity index (χ3v) is 2.80. The zero-order valence-electron chi connectivity index (χ0n) is 8.14. The lowest BCUT2D eigenvalue weighted by atomic mass is 10.3. The second kappa shape index (κ2) is 4.92. The van der Waals surface area contributed by atoms with Crippen LogP contribution in [0, 0.1) is 11.3 Å². The minimum absolute atomic E-state index is 0.306. The third kappa shape index (κ3) is 2.69. The number of hydrogen-bond acceptors (Lipinski definition) is 5. The Morgan fingerprint density at radius 3 is 3.06 bits per heavy atom. The van der Waals surface area contributed by atoms with Gasteiger partial charge in [-0.1, -0.05) is 11.6 Å². The lowest BCUT2D eigenvalue weighted by molar-refractivity contribution is 1.08. The van der Waals surface area contributed by atoms with Crippen LogP contribution in [0.5, 0.6) is 0 Å². The van der Waals surface area contributed by atoms with E-state index in [1.165, 1.54) is 6.07 Å². The monoisotopic (exact) mass is 250 g/mol. The van der Waals surface area contributed by atoms with Crippen LogP contribution >= 0.6 is 22.9 Å². The van der Waals surface area contributed by atoms with Crippen molar-refractivity contribution in [3.8, 4) is 6.07 Å². The summed E-state index contributed by atoms with van der Waals surface area (Å²) in [4.78, 5) is 8.19. The minimum Gasteiger partial charge on any atom is -0.363 e. The van der Waals surface area contributed by atoms with E-state index in [2.05, 4.69) is 15.3 Å². The third-order valence-electron chi connectivity index (χ3n) is 1.83. The van der Waals surface area contributed by atoms with Crippen LogP contribution in [0.15, 0.2) is 23.7 Å². The van der Waals surface area contributed by atoms with Gasteiger partial charge in [0.2, 0.25) is 0 Å². The van der Waals surface area contributed by atoms with E-state index < -0.39 is 0 Å². The molecule has 0 aliphatic rings. The highest BCUT2D eigenvalue weighted by atomic mass is 35.5. The van der Waals surface area contributed by atoms with Crippen LogP contribution < -0.4 is 5.32 Å². The first-order valence-corrected chi connectivity index (χ1v) is 5.73. The molecule has 2 heterocycles. The normalized spacial score (nSPS) is 9.75. The van der Waals surface area contributed by atoms with Crippen molar-refractivity contribution in [3.63, 3.8) is 0 Å². The molecule has 0 amide bonds. The molecule has 0 spiro atoms. The zero-order chi connectivity index (χ0) is 11.4. The van der Waals surface area contributed by atoms with E-state index in [1.807, 2.05) is 11.4 Å². The molecule has 2 aromatic rings. The van der Waals surface area contributed by atoms with Gasteiger partial charge in [-0.3, -0.25) is 0 Å². The van der Waals surface area contributed by atoms with Gasteiger partial charge in [0, 0.05) is 11.6 Å². The first kappa shape index (κ1) is 10.9. The van der Waals surface area contributed by atoms with E-state index in [9.17, 15) is 0 Å². The van der Waals surface area contributed by atoms with Crippen LogP contribution in [0.3, 0.4) is 0 Å². The van der Waals surface area contributed by atoms with Crippen molar-refractivity contribution in [2.45, 2.75) is 6.54 Å². The van der Waals surface area contributed by atoms with Crippen LogP contribution in [0.4, 0.5) is 5.82 Å². The molecule has 0 saturated carbocycles. The van der Waals surface area contributed by atoms with E-state index in [0.29, 0.717) is 23.1 Å². The summed E-state index contributed by atoms with van der Waals surface area (Å²) in [6.07, 6.45) is 1.74. The molecule has 0 aliphatic carbocycles. The molecule has 2 rings (SSSR count). The summed E-state index contributed by atoms with van der Waals surface area (Å²) in [7, 11) is 0. The Morgan fingerprint density at radius 1 is 1.50 bits per heavy atom. The summed E-state index contributed by atoms with van der Waals surface area (Å²) < 4.78 is 0. The second-order valence-electron chi connectivity index (χ2n) is 2.95. The molecule has 0 aliphatic heterocycles. The van der Waals surface area contributed by atoms with Gasteiger partial charge in [0.15, 0.2) is 0 Å². The van der Waals surface area contributed by atoms with Crippen LogP contribution in [-0.2, 0) is 6.54 Å². The highest BCUT2D eigenvalue weighted by Gasteiger charge is 2.01. The van der Waals surface area contributed by atoms with E-state index in [4.69, 9.17) is 16.9 Å². The fourth-order valence-corrected chi connectivity index (χ4v) is 1.92. The SMILES string of the molecule is N#Cc1cc(Cl)nc(NCc2nccs2)c1. The number of nitrogens with one attached hydrogen (secondary N) is 1. The van der Waals surface area contributed by atoms with Crippen molar-refractivity contribution in [1.82, 2.24) is 9.97 Å². The van der Waals surface area contributed by atoms with Crippen molar-refractivity contribution in [3.05, 3.63) is 39.4 Å². The number of anilines is 1. The summed E-state index contributed by atoms with van der Waals surface area (Å²) in [5.74, 6) is 0.583. The molecule has 0 saturated heterocycles. The summed E-state index contributed by atoms with van der Waals surface area (Å²) in [6.45, 7) is 0.579. The average Bonchev–Trinajstić information content (AvgIpc) is 2.78. The van der Waals surface area contributed by atoms with Gasteiger partial charge < -0.3 is 5.32 Å². The molecule has 2 aromatic heterocycles. The van der Waals surface area contributed by atoms with Gasteiger partial charge in [-0.2, -0.15) is 5.26 Å². The smallest absolute Gasteiger partial charge is 0.132 e. The van der Waals surface area contributed by atoms with Gasteiger partial charge in [0.1, 0.15) is 16.0 Å². The molecule has 0 aromatic carbocycles. The van der Waals surface area contributed by atoms with Crippen molar-refractivity contribution < 1.29 is 0 Å². The molecule has 6 heteroatoms. The molecule has 80 valence electrons. The summed E-state index contributed by atoms with van der Waals surface area (Å²) in [5.41, 5.74) is 0.488. The number of nitriles is 1. The number of aromatic nitrogens is 2. The van der Waals surface area contributed by atoms with Crippen LogP contribution in [-0.4, -0.2) is 9.97 Å².